The van der Waals surface area contributed by atoms with Crippen LogP contribution in [0.1, 0.15) is 45.9 Å². The lowest BCUT2D eigenvalue weighted by molar-refractivity contribution is 0.0569. The molecular formula is C24H26ClN5O3S. The first-order valence-corrected chi connectivity index (χ1v) is 12.5. The summed E-state index contributed by atoms with van der Waals surface area (Å²) in [6.45, 7) is 1.87. The van der Waals surface area contributed by atoms with Crippen LogP contribution in [-0.2, 0) is 12.8 Å². The summed E-state index contributed by atoms with van der Waals surface area (Å²) >= 11 is 7.66. The molecule has 1 fully saturated rings. The first-order valence-electron chi connectivity index (χ1n) is 11.3. The molecule has 5 rings (SSSR count). The van der Waals surface area contributed by atoms with E-state index in [1.165, 1.54) is 16.2 Å². The molecule has 178 valence electrons. The molecule has 3 N–H and O–H groups in total. The second-order valence-electron chi connectivity index (χ2n) is 8.85. The van der Waals surface area contributed by atoms with Crippen LogP contribution in [0.2, 0.25) is 5.15 Å². The normalized spacial score (nSPS) is 21.5. The maximum absolute atomic E-state index is 13.3. The van der Waals surface area contributed by atoms with Gasteiger partial charge in [0.1, 0.15) is 10.9 Å². The molecule has 8 nitrogen and oxygen atoms in total. The maximum Gasteiger partial charge on any atom is 0.259 e. The van der Waals surface area contributed by atoms with E-state index in [0.717, 1.165) is 43.5 Å². The topological polar surface area (TPSA) is 109 Å². The average Bonchev–Trinajstić information content (AvgIpc) is 3.19. The molecule has 0 bridgehead atoms. The van der Waals surface area contributed by atoms with Gasteiger partial charge in [-0.05, 0) is 51.2 Å². The number of rotatable bonds is 6. The molecule has 1 amide bonds. The lowest BCUT2D eigenvalue weighted by Gasteiger charge is -2.36. The van der Waals surface area contributed by atoms with E-state index in [1.54, 1.807) is 25.6 Å². The number of hydrogen-bond acceptors (Lipinski definition) is 8. The van der Waals surface area contributed by atoms with E-state index in [2.05, 4.69) is 25.6 Å². The molecule has 2 aliphatic carbocycles. The van der Waals surface area contributed by atoms with Crippen molar-refractivity contribution in [1.29, 1.82) is 0 Å². The Hall–Kier alpha value is -2.59. The molecule has 10 heteroatoms. The molecule has 34 heavy (non-hydrogen) atoms. The van der Waals surface area contributed by atoms with Gasteiger partial charge in [-0.3, -0.25) is 15.1 Å². The number of methoxy groups -OCH3 is 1. The third kappa shape index (κ3) is 4.79. The first-order chi connectivity index (χ1) is 16.4. The molecule has 0 spiro atoms. The molecule has 0 aliphatic heterocycles. The van der Waals surface area contributed by atoms with Crippen molar-refractivity contribution in [2.75, 3.05) is 12.4 Å². The Morgan fingerprint density at radius 1 is 1.21 bits per heavy atom. The molecular weight excluding hydrogens is 474 g/mol. The van der Waals surface area contributed by atoms with E-state index >= 15 is 0 Å². The highest BCUT2D eigenvalue weighted by Gasteiger charge is 2.31. The van der Waals surface area contributed by atoms with Gasteiger partial charge in [0.05, 0.1) is 30.7 Å². The number of halogens is 1. The summed E-state index contributed by atoms with van der Waals surface area (Å²) in [6.07, 6.45) is 7.36. The zero-order valence-corrected chi connectivity index (χ0v) is 20.5. The summed E-state index contributed by atoms with van der Waals surface area (Å²) in [6, 6.07) is 4.30. The van der Waals surface area contributed by atoms with Crippen molar-refractivity contribution in [2.45, 2.75) is 57.2 Å². The lowest BCUT2D eigenvalue weighted by atomic mass is 9.87. The van der Waals surface area contributed by atoms with Crippen molar-refractivity contribution in [2.24, 2.45) is 0 Å². The van der Waals surface area contributed by atoms with Crippen LogP contribution in [0.5, 0.6) is 5.75 Å². The number of aliphatic hydroxyl groups is 1. The zero-order valence-electron chi connectivity index (χ0n) is 19.0. The molecule has 0 radical (unpaired) electrons. The fourth-order valence-electron chi connectivity index (χ4n) is 4.55. The Morgan fingerprint density at radius 2 is 2.03 bits per heavy atom. The van der Waals surface area contributed by atoms with Gasteiger partial charge in [-0.2, -0.15) is 0 Å². The number of fused-ring (bicyclic) bond motifs is 1. The molecule has 0 saturated heterocycles. The molecule has 1 unspecified atom stereocenters. The molecule has 3 heterocycles. The largest absolute Gasteiger partial charge is 0.494 e. The minimum atomic E-state index is -0.290. The number of nitrogens with zero attached hydrogens (tertiary/aromatic N) is 3. The molecule has 1 saturated carbocycles. The fraction of sp³-hybridized carbons (Fsp3) is 0.417. The van der Waals surface area contributed by atoms with Gasteiger partial charge < -0.3 is 15.2 Å². The number of amides is 1. The Bertz CT molecular complexity index is 1230. The number of aryl methyl sites for hydroxylation is 2. The first kappa shape index (κ1) is 23.2. The van der Waals surface area contributed by atoms with Gasteiger partial charge in [-0.1, -0.05) is 11.6 Å². The number of aromatic nitrogens is 3. The summed E-state index contributed by atoms with van der Waals surface area (Å²) in [5, 5.41) is 17.0. The predicted molar refractivity (Wildman–Crippen MR) is 132 cm³/mol. The van der Waals surface area contributed by atoms with Gasteiger partial charge in [0.2, 0.25) is 0 Å². The monoisotopic (exact) mass is 499 g/mol. The number of carbonyl (C=O) groups is 1. The van der Waals surface area contributed by atoms with Crippen LogP contribution < -0.4 is 15.4 Å². The maximum atomic E-state index is 13.3. The van der Waals surface area contributed by atoms with Crippen LogP contribution in [0.3, 0.4) is 0 Å². The number of pyridine rings is 2. The number of ether oxygens (including phenoxy) is 1. The van der Waals surface area contributed by atoms with Gasteiger partial charge >= 0.3 is 0 Å². The van der Waals surface area contributed by atoms with Crippen LogP contribution in [0.25, 0.3) is 11.1 Å². The fourth-order valence-corrected chi connectivity index (χ4v) is 5.79. The summed E-state index contributed by atoms with van der Waals surface area (Å²) in [5.41, 5.74) is 3.56. The van der Waals surface area contributed by atoms with Crippen LogP contribution >= 0.6 is 22.9 Å². The lowest BCUT2D eigenvalue weighted by Crippen LogP contribution is -2.49. The highest BCUT2D eigenvalue weighted by Crippen LogP contribution is 2.35. The number of thiazole rings is 1. The van der Waals surface area contributed by atoms with E-state index in [4.69, 9.17) is 16.3 Å². The quantitative estimate of drug-likeness (QED) is 0.442. The van der Waals surface area contributed by atoms with Crippen molar-refractivity contribution >= 4 is 34.0 Å². The molecule has 2 aliphatic rings. The second-order valence-corrected chi connectivity index (χ2v) is 10.3. The minimum absolute atomic E-state index is 0.161. The number of aliphatic hydroxyl groups excluding tert-OH is 1. The van der Waals surface area contributed by atoms with Crippen LogP contribution in [0, 0.1) is 6.92 Å². The zero-order chi connectivity index (χ0) is 23.8. The third-order valence-corrected chi connectivity index (χ3v) is 7.62. The van der Waals surface area contributed by atoms with Crippen LogP contribution in [0.4, 0.5) is 5.13 Å². The summed E-state index contributed by atoms with van der Waals surface area (Å²) in [5.74, 6) is 0.230. The number of carbonyl (C=O) groups excluding carboxylic acids is 1. The van der Waals surface area contributed by atoms with E-state index in [-0.39, 0.29) is 12.0 Å². The van der Waals surface area contributed by atoms with Gasteiger partial charge in [0, 0.05) is 40.0 Å². The van der Waals surface area contributed by atoms with Crippen LogP contribution in [-0.4, -0.2) is 51.3 Å². The summed E-state index contributed by atoms with van der Waals surface area (Å²) in [7, 11) is 1.55. The van der Waals surface area contributed by atoms with Gasteiger partial charge in [-0.15, -0.1) is 11.3 Å². The Kier molecular flexibility index (Phi) is 6.52. The average molecular weight is 500 g/mol. The second kappa shape index (κ2) is 9.58. The van der Waals surface area contributed by atoms with Gasteiger partial charge in [0.25, 0.3) is 5.91 Å². The van der Waals surface area contributed by atoms with Crippen molar-refractivity contribution in [3.8, 4) is 16.9 Å². The van der Waals surface area contributed by atoms with E-state index in [1.807, 2.05) is 13.0 Å². The van der Waals surface area contributed by atoms with E-state index < -0.39 is 0 Å². The number of hydrogen-bond donors (Lipinski definition) is 3. The van der Waals surface area contributed by atoms with Crippen molar-refractivity contribution in [1.82, 2.24) is 20.3 Å². The Labute approximate surface area is 206 Å². The Balaban J connectivity index is 1.35. The summed E-state index contributed by atoms with van der Waals surface area (Å²) < 4.78 is 5.45. The smallest absolute Gasteiger partial charge is 0.259 e. The summed E-state index contributed by atoms with van der Waals surface area (Å²) in [4.78, 5) is 27.6. The van der Waals surface area contributed by atoms with Gasteiger partial charge in [0.15, 0.2) is 5.13 Å². The van der Waals surface area contributed by atoms with Crippen LogP contribution in [0.15, 0.2) is 24.5 Å². The van der Waals surface area contributed by atoms with Gasteiger partial charge in [-0.25, -0.2) is 9.97 Å². The van der Waals surface area contributed by atoms with E-state index in [9.17, 15) is 9.90 Å². The predicted octanol–water partition coefficient (Wildman–Crippen LogP) is 3.79. The highest BCUT2D eigenvalue weighted by atomic mass is 35.5. The third-order valence-electron chi connectivity index (χ3n) is 6.37. The number of nitrogens with one attached hydrogen (secondary N) is 2. The standard InChI is InChI=1S/C24H26ClN5O3S/c1-12-5-16(17-9-22(25)27-11-20(17)33-2)18(10-26-12)23(32)30-24-29-19-4-3-13(8-21(19)34-24)28-14-6-15(31)7-14/h5,9-11,13-15,28,31H,3-4,6-8H2,1-2H3,(H,29,30,32). The molecule has 3 aromatic rings. The van der Waals surface area contributed by atoms with Crippen molar-refractivity contribution in [3.63, 3.8) is 0 Å². The Morgan fingerprint density at radius 3 is 2.79 bits per heavy atom. The molecule has 1 atom stereocenters. The van der Waals surface area contributed by atoms with E-state index in [0.29, 0.717) is 44.8 Å². The minimum Gasteiger partial charge on any atom is -0.494 e. The number of anilines is 1. The molecule has 3 aromatic heterocycles. The SMILES string of the molecule is COc1cnc(Cl)cc1-c1cc(C)ncc1C(=O)Nc1nc2c(s1)CC(NC1CC(O)C1)CC2. The highest BCUT2D eigenvalue weighted by molar-refractivity contribution is 7.15. The van der Waals surface area contributed by atoms with Crippen molar-refractivity contribution < 1.29 is 14.6 Å². The molecule has 0 aromatic carbocycles. The van der Waals surface area contributed by atoms with Crippen molar-refractivity contribution in [3.05, 3.63) is 51.5 Å².